The van der Waals surface area contributed by atoms with E-state index in [1.165, 1.54) is 24.8 Å². The molecule has 0 unspecified atom stereocenters. The predicted octanol–water partition coefficient (Wildman–Crippen LogP) is 1.66. The lowest BCUT2D eigenvalue weighted by Crippen LogP contribution is -2.61. The van der Waals surface area contributed by atoms with Crippen LogP contribution in [0.5, 0.6) is 0 Å². The van der Waals surface area contributed by atoms with Crippen LogP contribution in [-0.2, 0) is 9.59 Å². The first-order chi connectivity index (χ1) is 10.6. The van der Waals surface area contributed by atoms with Crippen molar-refractivity contribution >= 4 is 17.4 Å². The number of aromatic nitrogens is 1. The van der Waals surface area contributed by atoms with E-state index in [9.17, 15) is 9.59 Å². The van der Waals surface area contributed by atoms with E-state index in [1.807, 2.05) is 29.4 Å². The molecule has 116 valence electrons. The summed E-state index contributed by atoms with van der Waals surface area (Å²) in [6, 6.07) is 4.09. The Bertz CT molecular complexity index is 581. The van der Waals surface area contributed by atoms with E-state index in [2.05, 4.69) is 9.88 Å². The van der Waals surface area contributed by atoms with Gasteiger partial charge in [0.05, 0.1) is 0 Å². The molecule has 2 aliphatic rings. The molecule has 2 aliphatic heterocycles. The van der Waals surface area contributed by atoms with Crippen molar-refractivity contribution in [3.05, 3.63) is 36.7 Å². The number of carbonyl (C=O) groups excluding carboxylic acids is 2. The van der Waals surface area contributed by atoms with E-state index in [1.54, 1.807) is 0 Å². The maximum absolute atomic E-state index is 11.9. The van der Waals surface area contributed by atoms with Crippen LogP contribution in [0.2, 0.25) is 0 Å². The van der Waals surface area contributed by atoms with Crippen molar-refractivity contribution in [1.82, 2.24) is 9.88 Å². The lowest BCUT2D eigenvalue weighted by Gasteiger charge is -2.54. The number of rotatable bonds is 3. The lowest BCUT2D eigenvalue weighted by molar-refractivity contribution is -0.139. The van der Waals surface area contributed by atoms with Gasteiger partial charge in [-0.2, -0.15) is 0 Å². The Morgan fingerprint density at radius 2 is 1.77 bits per heavy atom. The molecular formula is C17H21N3O2. The zero-order valence-corrected chi connectivity index (χ0v) is 12.9. The zero-order chi connectivity index (χ0) is 15.6. The third-order valence-electron chi connectivity index (χ3n) is 4.68. The number of piperidine rings is 1. The minimum atomic E-state index is -0.0887. The lowest BCUT2D eigenvalue weighted by atomic mass is 9.72. The summed E-state index contributed by atoms with van der Waals surface area (Å²) in [4.78, 5) is 31.1. The molecule has 5 nitrogen and oxygen atoms in total. The SMILES string of the molecule is CC(=O)C=CC(=O)N1CC2(CCN(c3ccncc3)CC2)C1. The third-order valence-corrected chi connectivity index (χ3v) is 4.68. The summed E-state index contributed by atoms with van der Waals surface area (Å²) in [7, 11) is 0. The largest absolute Gasteiger partial charge is 0.371 e. The van der Waals surface area contributed by atoms with Gasteiger partial charge in [0.15, 0.2) is 5.78 Å². The van der Waals surface area contributed by atoms with Gasteiger partial charge in [0.1, 0.15) is 0 Å². The predicted molar refractivity (Wildman–Crippen MR) is 84.5 cm³/mol. The van der Waals surface area contributed by atoms with Gasteiger partial charge in [-0.15, -0.1) is 0 Å². The molecule has 1 spiro atoms. The van der Waals surface area contributed by atoms with Crippen molar-refractivity contribution in [2.24, 2.45) is 5.41 Å². The first-order valence-electron chi connectivity index (χ1n) is 7.71. The summed E-state index contributed by atoms with van der Waals surface area (Å²) in [6.07, 6.45) is 8.60. The van der Waals surface area contributed by atoms with Crippen molar-refractivity contribution in [1.29, 1.82) is 0 Å². The highest BCUT2D eigenvalue weighted by Crippen LogP contribution is 2.41. The monoisotopic (exact) mass is 299 g/mol. The average molecular weight is 299 g/mol. The van der Waals surface area contributed by atoms with Gasteiger partial charge in [0.2, 0.25) is 5.91 Å². The van der Waals surface area contributed by atoms with Crippen LogP contribution in [-0.4, -0.2) is 47.8 Å². The van der Waals surface area contributed by atoms with Crippen LogP contribution in [0.25, 0.3) is 0 Å². The Kier molecular flexibility index (Phi) is 3.96. The molecule has 2 fully saturated rings. The minimum absolute atomic E-state index is 0.0441. The van der Waals surface area contributed by atoms with Crippen molar-refractivity contribution in [2.75, 3.05) is 31.1 Å². The van der Waals surface area contributed by atoms with E-state index >= 15 is 0 Å². The molecule has 3 heterocycles. The number of amides is 1. The molecule has 1 aromatic rings. The Morgan fingerprint density at radius 1 is 1.14 bits per heavy atom. The first kappa shape index (κ1) is 14.8. The molecule has 0 bridgehead atoms. The third kappa shape index (κ3) is 3.03. The summed E-state index contributed by atoms with van der Waals surface area (Å²) in [5.74, 6) is -0.133. The van der Waals surface area contributed by atoms with E-state index in [0.29, 0.717) is 0 Å². The summed E-state index contributed by atoms with van der Waals surface area (Å²) >= 11 is 0. The zero-order valence-electron chi connectivity index (χ0n) is 12.9. The molecule has 0 aromatic carbocycles. The number of hydrogen-bond acceptors (Lipinski definition) is 4. The van der Waals surface area contributed by atoms with Crippen LogP contribution < -0.4 is 4.90 Å². The Hall–Kier alpha value is -2.17. The van der Waals surface area contributed by atoms with Gasteiger partial charge in [-0.1, -0.05) is 0 Å². The van der Waals surface area contributed by atoms with Crippen LogP contribution in [0, 0.1) is 5.41 Å². The molecule has 2 saturated heterocycles. The summed E-state index contributed by atoms with van der Waals surface area (Å²) in [5, 5.41) is 0. The van der Waals surface area contributed by atoms with Crippen LogP contribution >= 0.6 is 0 Å². The highest BCUT2D eigenvalue weighted by Gasteiger charge is 2.46. The maximum Gasteiger partial charge on any atom is 0.246 e. The Morgan fingerprint density at radius 3 is 2.36 bits per heavy atom. The van der Waals surface area contributed by atoms with Crippen molar-refractivity contribution in [3.63, 3.8) is 0 Å². The van der Waals surface area contributed by atoms with E-state index in [-0.39, 0.29) is 17.1 Å². The second-order valence-corrected chi connectivity index (χ2v) is 6.33. The van der Waals surface area contributed by atoms with Crippen LogP contribution in [0.15, 0.2) is 36.7 Å². The number of allylic oxidation sites excluding steroid dienone is 1. The molecule has 22 heavy (non-hydrogen) atoms. The second-order valence-electron chi connectivity index (χ2n) is 6.33. The molecular weight excluding hydrogens is 278 g/mol. The normalized spacial score (nSPS) is 20.2. The molecule has 0 radical (unpaired) electrons. The highest BCUT2D eigenvalue weighted by atomic mass is 16.2. The van der Waals surface area contributed by atoms with Crippen LogP contribution in [0.3, 0.4) is 0 Å². The molecule has 0 saturated carbocycles. The molecule has 0 aliphatic carbocycles. The number of anilines is 1. The van der Waals surface area contributed by atoms with Gasteiger partial charge in [-0.05, 0) is 38.0 Å². The number of likely N-dealkylation sites (tertiary alicyclic amines) is 1. The Labute approximate surface area is 130 Å². The molecule has 0 atom stereocenters. The molecule has 0 N–H and O–H groups in total. The van der Waals surface area contributed by atoms with E-state index in [4.69, 9.17) is 0 Å². The van der Waals surface area contributed by atoms with Crippen LogP contribution in [0.1, 0.15) is 19.8 Å². The number of nitrogens with zero attached hydrogens (tertiary/aromatic N) is 3. The van der Waals surface area contributed by atoms with Crippen molar-refractivity contribution in [3.8, 4) is 0 Å². The van der Waals surface area contributed by atoms with Gasteiger partial charge in [0, 0.05) is 55.8 Å². The molecule has 5 heteroatoms. The minimum Gasteiger partial charge on any atom is -0.371 e. The summed E-state index contributed by atoms with van der Waals surface area (Å²) in [6.45, 7) is 5.14. The topological polar surface area (TPSA) is 53.5 Å². The van der Waals surface area contributed by atoms with Gasteiger partial charge in [0.25, 0.3) is 0 Å². The number of pyridine rings is 1. The number of hydrogen-bond donors (Lipinski definition) is 0. The quantitative estimate of drug-likeness (QED) is 0.797. The van der Waals surface area contributed by atoms with Crippen molar-refractivity contribution < 1.29 is 9.59 Å². The fourth-order valence-electron chi connectivity index (χ4n) is 3.32. The molecule has 3 rings (SSSR count). The van der Waals surface area contributed by atoms with Crippen LogP contribution in [0.4, 0.5) is 5.69 Å². The fourth-order valence-corrected chi connectivity index (χ4v) is 3.32. The second kappa shape index (κ2) is 5.91. The average Bonchev–Trinajstić information content (AvgIpc) is 2.51. The van der Waals surface area contributed by atoms with Gasteiger partial charge in [-0.3, -0.25) is 14.6 Å². The standard InChI is InChI=1S/C17H21N3O2/c1-14(21)2-3-16(22)20-12-17(13-20)6-10-19(11-7-17)15-4-8-18-9-5-15/h2-5,8-9H,6-7,10-13H2,1H3. The first-order valence-corrected chi connectivity index (χ1v) is 7.71. The fraction of sp³-hybridized carbons (Fsp3) is 0.471. The van der Waals surface area contributed by atoms with Crippen molar-refractivity contribution in [2.45, 2.75) is 19.8 Å². The summed E-state index contributed by atoms with van der Waals surface area (Å²) < 4.78 is 0. The highest BCUT2D eigenvalue weighted by molar-refractivity contribution is 5.96. The number of ketones is 1. The summed E-state index contributed by atoms with van der Waals surface area (Å²) in [5.41, 5.74) is 1.50. The molecule has 1 aromatic heterocycles. The molecule has 1 amide bonds. The Balaban J connectivity index is 1.51. The van der Waals surface area contributed by atoms with E-state index in [0.717, 1.165) is 39.0 Å². The van der Waals surface area contributed by atoms with Gasteiger partial charge < -0.3 is 9.80 Å². The van der Waals surface area contributed by atoms with Gasteiger partial charge in [-0.25, -0.2) is 0 Å². The smallest absolute Gasteiger partial charge is 0.246 e. The number of carbonyl (C=O) groups is 2. The maximum atomic E-state index is 11.9. The van der Waals surface area contributed by atoms with E-state index < -0.39 is 0 Å². The van der Waals surface area contributed by atoms with Gasteiger partial charge >= 0.3 is 0 Å².